The summed E-state index contributed by atoms with van der Waals surface area (Å²) in [6.45, 7) is 5.58. The fraction of sp³-hybridized carbons (Fsp3) is 0.200. The number of carbonyl (C=O) groups is 1. The summed E-state index contributed by atoms with van der Waals surface area (Å²) in [4.78, 5) is 21.0. The fourth-order valence-electron chi connectivity index (χ4n) is 3.52. The van der Waals surface area contributed by atoms with Crippen molar-refractivity contribution in [2.75, 3.05) is 5.32 Å². The number of aryl methyl sites for hydroxylation is 1. The second-order valence-corrected chi connectivity index (χ2v) is 8.14. The number of hydrogen-bond donors (Lipinski definition) is 1. The minimum absolute atomic E-state index is 0.153. The molecular formula is C25H22F3N5O2. The van der Waals surface area contributed by atoms with Gasteiger partial charge in [0.1, 0.15) is 11.5 Å². The number of rotatable bonds is 6. The lowest BCUT2D eigenvalue weighted by molar-refractivity contribution is -0.137. The summed E-state index contributed by atoms with van der Waals surface area (Å²) in [5.74, 6) is 0.860. The van der Waals surface area contributed by atoms with Crippen LogP contribution in [0.1, 0.15) is 46.9 Å². The number of carbonyl (C=O) groups excluding carboxylic acids is 1. The number of aromatic nitrogens is 4. The van der Waals surface area contributed by atoms with Crippen molar-refractivity contribution in [3.05, 3.63) is 89.6 Å². The summed E-state index contributed by atoms with van der Waals surface area (Å²) in [6.07, 6.45) is 0.902. The maximum Gasteiger partial charge on any atom is 0.417 e. The van der Waals surface area contributed by atoms with Gasteiger partial charge in [-0.15, -0.1) is 0 Å². The first-order valence-corrected chi connectivity index (χ1v) is 10.7. The van der Waals surface area contributed by atoms with Crippen LogP contribution in [0.4, 0.5) is 18.9 Å². The molecule has 35 heavy (non-hydrogen) atoms. The van der Waals surface area contributed by atoms with E-state index in [1.54, 1.807) is 42.7 Å². The molecule has 1 amide bonds. The molecule has 0 saturated carbocycles. The molecule has 0 fully saturated rings. The molecule has 4 rings (SSSR count). The molecule has 0 aliphatic rings. The molecule has 1 N–H and O–H groups in total. The van der Waals surface area contributed by atoms with Gasteiger partial charge in [0.25, 0.3) is 5.91 Å². The van der Waals surface area contributed by atoms with Crippen molar-refractivity contribution < 1.29 is 22.7 Å². The highest BCUT2D eigenvalue weighted by Crippen LogP contribution is 2.30. The monoisotopic (exact) mass is 481 g/mol. The molecule has 0 unspecified atom stereocenters. The minimum Gasteiger partial charge on any atom is -0.455 e. The molecule has 180 valence electrons. The molecule has 3 heterocycles. The second kappa shape index (κ2) is 9.57. The van der Waals surface area contributed by atoms with Gasteiger partial charge in [0.2, 0.25) is 0 Å². The van der Waals surface area contributed by atoms with E-state index in [1.807, 2.05) is 20.8 Å². The molecule has 0 aliphatic carbocycles. The van der Waals surface area contributed by atoms with Gasteiger partial charge in [0, 0.05) is 18.1 Å². The van der Waals surface area contributed by atoms with Gasteiger partial charge in [0.15, 0.2) is 5.82 Å². The zero-order valence-corrected chi connectivity index (χ0v) is 19.2. The van der Waals surface area contributed by atoms with Crippen LogP contribution < -0.4 is 10.1 Å². The van der Waals surface area contributed by atoms with E-state index in [-0.39, 0.29) is 11.7 Å². The third-order valence-corrected chi connectivity index (χ3v) is 5.19. The van der Waals surface area contributed by atoms with Crippen LogP contribution in [0, 0.1) is 6.92 Å². The smallest absolute Gasteiger partial charge is 0.417 e. The summed E-state index contributed by atoms with van der Waals surface area (Å²) >= 11 is 0. The third-order valence-electron chi connectivity index (χ3n) is 5.19. The van der Waals surface area contributed by atoms with Crippen LogP contribution in [0.3, 0.4) is 0 Å². The predicted octanol–water partition coefficient (Wildman–Crippen LogP) is 6.16. The Hall–Kier alpha value is -4.21. The Kier molecular flexibility index (Phi) is 6.54. The summed E-state index contributed by atoms with van der Waals surface area (Å²) in [5.41, 5.74) is 1.34. The van der Waals surface area contributed by atoms with E-state index in [0.717, 1.165) is 17.8 Å². The van der Waals surface area contributed by atoms with Gasteiger partial charge < -0.3 is 10.1 Å². The standard InChI is InChI=1S/C25H22F3N5O2/c1-15(2)23-20(14-31-33(23)22-9-6-17(12-30-22)25(26,27)28)24(34)32-18-7-8-21(16(3)11-18)35-19-5-4-10-29-13-19/h4-15H,1-3H3,(H,32,34). The van der Waals surface area contributed by atoms with E-state index >= 15 is 0 Å². The number of nitrogens with zero attached hydrogens (tertiary/aromatic N) is 4. The SMILES string of the molecule is Cc1cc(NC(=O)c2cnn(-c3ccc(C(F)(F)F)cn3)c2C(C)C)ccc1Oc1cccnc1. The molecule has 3 aromatic heterocycles. The number of hydrogen-bond acceptors (Lipinski definition) is 5. The van der Waals surface area contributed by atoms with Gasteiger partial charge in [0.05, 0.1) is 29.2 Å². The average Bonchev–Trinajstić information content (AvgIpc) is 3.27. The minimum atomic E-state index is -4.49. The molecule has 10 heteroatoms. The zero-order chi connectivity index (χ0) is 25.2. The van der Waals surface area contributed by atoms with Crippen LogP contribution in [0.15, 0.2) is 67.3 Å². The van der Waals surface area contributed by atoms with Crippen molar-refractivity contribution in [1.29, 1.82) is 0 Å². The number of pyridine rings is 2. The largest absolute Gasteiger partial charge is 0.455 e. The van der Waals surface area contributed by atoms with Gasteiger partial charge in [-0.25, -0.2) is 9.67 Å². The Morgan fingerprint density at radius 2 is 1.89 bits per heavy atom. The van der Waals surface area contributed by atoms with E-state index in [1.165, 1.54) is 16.9 Å². The molecular weight excluding hydrogens is 459 g/mol. The van der Waals surface area contributed by atoms with E-state index in [0.29, 0.717) is 28.4 Å². The van der Waals surface area contributed by atoms with E-state index in [9.17, 15) is 18.0 Å². The van der Waals surface area contributed by atoms with Crippen molar-refractivity contribution in [2.24, 2.45) is 0 Å². The van der Waals surface area contributed by atoms with Crippen molar-refractivity contribution in [3.63, 3.8) is 0 Å². The highest BCUT2D eigenvalue weighted by atomic mass is 19.4. The number of benzene rings is 1. The van der Waals surface area contributed by atoms with E-state index < -0.39 is 17.6 Å². The lowest BCUT2D eigenvalue weighted by atomic mass is 10.0. The number of nitrogens with one attached hydrogen (secondary N) is 1. The van der Waals surface area contributed by atoms with E-state index in [4.69, 9.17) is 4.74 Å². The molecule has 7 nitrogen and oxygen atoms in total. The molecule has 1 aromatic carbocycles. The van der Waals surface area contributed by atoms with Gasteiger partial charge >= 0.3 is 6.18 Å². The number of ether oxygens (including phenoxy) is 1. The highest BCUT2D eigenvalue weighted by molar-refractivity contribution is 6.05. The van der Waals surface area contributed by atoms with E-state index in [2.05, 4.69) is 20.4 Å². The first-order chi connectivity index (χ1) is 16.6. The number of amides is 1. The van der Waals surface area contributed by atoms with Crippen LogP contribution in [0.5, 0.6) is 11.5 Å². The van der Waals surface area contributed by atoms with Crippen molar-refractivity contribution >= 4 is 11.6 Å². The van der Waals surface area contributed by atoms with Gasteiger partial charge in [-0.1, -0.05) is 13.8 Å². The summed E-state index contributed by atoms with van der Waals surface area (Å²) in [5, 5.41) is 7.08. The van der Waals surface area contributed by atoms with Crippen LogP contribution >= 0.6 is 0 Å². The van der Waals surface area contributed by atoms with Crippen molar-refractivity contribution in [3.8, 4) is 17.3 Å². The molecule has 0 spiro atoms. The molecule has 0 saturated heterocycles. The summed E-state index contributed by atoms with van der Waals surface area (Å²) in [7, 11) is 0. The quantitative estimate of drug-likeness (QED) is 0.357. The topological polar surface area (TPSA) is 81.9 Å². The van der Waals surface area contributed by atoms with Crippen molar-refractivity contribution in [2.45, 2.75) is 32.9 Å². The lowest BCUT2D eigenvalue weighted by Gasteiger charge is -2.14. The Morgan fingerprint density at radius 1 is 1.09 bits per heavy atom. The van der Waals surface area contributed by atoms with Gasteiger partial charge in [-0.05, 0) is 60.9 Å². The highest BCUT2D eigenvalue weighted by Gasteiger charge is 2.31. The van der Waals surface area contributed by atoms with Gasteiger partial charge in [-0.3, -0.25) is 9.78 Å². The Balaban J connectivity index is 1.56. The Morgan fingerprint density at radius 3 is 2.49 bits per heavy atom. The number of halogens is 3. The van der Waals surface area contributed by atoms with Crippen molar-refractivity contribution in [1.82, 2.24) is 19.7 Å². The summed E-state index contributed by atoms with van der Waals surface area (Å²) < 4.78 is 45.9. The molecule has 0 bridgehead atoms. The summed E-state index contributed by atoms with van der Waals surface area (Å²) in [6, 6.07) is 11.0. The predicted molar refractivity (Wildman–Crippen MR) is 124 cm³/mol. The van der Waals surface area contributed by atoms with Crippen LogP contribution in [-0.2, 0) is 6.18 Å². The molecule has 0 radical (unpaired) electrons. The second-order valence-electron chi connectivity index (χ2n) is 8.14. The maximum absolute atomic E-state index is 13.1. The van der Waals surface area contributed by atoms with Crippen LogP contribution in [-0.4, -0.2) is 25.7 Å². The average molecular weight is 481 g/mol. The lowest BCUT2D eigenvalue weighted by Crippen LogP contribution is -2.16. The first-order valence-electron chi connectivity index (χ1n) is 10.7. The zero-order valence-electron chi connectivity index (χ0n) is 19.2. The van der Waals surface area contributed by atoms with Crippen LogP contribution in [0.2, 0.25) is 0 Å². The number of anilines is 1. The molecule has 4 aromatic rings. The fourth-order valence-corrected chi connectivity index (χ4v) is 3.52. The molecule has 0 aliphatic heterocycles. The van der Waals surface area contributed by atoms with Gasteiger partial charge in [-0.2, -0.15) is 18.3 Å². The third kappa shape index (κ3) is 5.32. The maximum atomic E-state index is 13.1. The Bertz CT molecular complexity index is 1330. The Labute approximate surface area is 199 Å². The molecule has 0 atom stereocenters. The number of alkyl halides is 3. The first kappa shape index (κ1) is 23.9. The normalized spacial score (nSPS) is 11.5. The van der Waals surface area contributed by atoms with Crippen LogP contribution in [0.25, 0.3) is 5.82 Å².